The Morgan fingerprint density at radius 2 is 2.08 bits per heavy atom. The summed E-state index contributed by atoms with van der Waals surface area (Å²) in [6, 6.07) is 11.6. The lowest BCUT2D eigenvalue weighted by Crippen LogP contribution is -2.12. The van der Waals surface area contributed by atoms with Crippen LogP contribution in [0.15, 0.2) is 51.3 Å². The van der Waals surface area contributed by atoms with E-state index >= 15 is 0 Å². The second-order valence-electron chi connectivity index (χ2n) is 4.83. The van der Waals surface area contributed by atoms with Gasteiger partial charge in [0.25, 0.3) is 5.91 Å². The predicted octanol–water partition coefficient (Wildman–Crippen LogP) is 5.64. The van der Waals surface area contributed by atoms with Gasteiger partial charge in [-0.2, -0.15) is 0 Å². The number of aromatic nitrogens is 2. The summed E-state index contributed by atoms with van der Waals surface area (Å²) in [6.07, 6.45) is 0. The van der Waals surface area contributed by atoms with E-state index in [0.29, 0.717) is 31.4 Å². The van der Waals surface area contributed by atoms with Gasteiger partial charge in [0.1, 0.15) is 5.82 Å². The number of halogens is 3. The molecular formula is C16H10BrClFN3OS2. The number of nitrogens with one attached hydrogen (secondary N) is 1. The average molecular weight is 459 g/mol. The van der Waals surface area contributed by atoms with Crippen LogP contribution in [0.25, 0.3) is 0 Å². The first-order valence-electron chi connectivity index (χ1n) is 6.99. The van der Waals surface area contributed by atoms with Crippen LogP contribution in [-0.2, 0) is 5.75 Å². The molecule has 0 aliphatic rings. The molecule has 0 saturated heterocycles. The number of amides is 1. The number of carbonyl (C=O) groups excluding carboxylic acids is 1. The molecule has 0 fully saturated rings. The Bertz CT molecular complexity index is 922. The molecule has 0 radical (unpaired) electrons. The second-order valence-corrected chi connectivity index (χ2v) is 8.35. The third kappa shape index (κ3) is 4.78. The van der Waals surface area contributed by atoms with Crippen LogP contribution in [0.5, 0.6) is 0 Å². The van der Waals surface area contributed by atoms with E-state index in [1.807, 2.05) is 0 Å². The van der Waals surface area contributed by atoms with Crippen LogP contribution in [0.2, 0.25) is 5.02 Å². The smallest absolute Gasteiger partial charge is 0.259 e. The Morgan fingerprint density at radius 1 is 1.28 bits per heavy atom. The summed E-state index contributed by atoms with van der Waals surface area (Å²) < 4.78 is 15.0. The molecule has 0 aliphatic heterocycles. The van der Waals surface area contributed by atoms with Crippen molar-refractivity contribution in [1.82, 2.24) is 10.2 Å². The van der Waals surface area contributed by atoms with Crippen LogP contribution in [0.4, 0.5) is 9.52 Å². The largest absolute Gasteiger partial charge is 0.296 e. The molecule has 3 rings (SSSR count). The lowest BCUT2D eigenvalue weighted by atomic mass is 10.2. The highest BCUT2D eigenvalue weighted by atomic mass is 79.9. The van der Waals surface area contributed by atoms with Crippen molar-refractivity contribution in [2.24, 2.45) is 0 Å². The van der Waals surface area contributed by atoms with E-state index < -0.39 is 0 Å². The summed E-state index contributed by atoms with van der Waals surface area (Å²) in [4.78, 5) is 12.3. The Labute approximate surface area is 164 Å². The van der Waals surface area contributed by atoms with Gasteiger partial charge in [-0.3, -0.25) is 10.1 Å². The van der Waals surface area contributed by atoms with Crippen molar-refractivity contribution in [3.8, 4) is 0 Å². The molecule has 3 aromatic rings. The van der Waals surface area contributed by atoms with Gasteiger partial charge in [0.15, 0.2) is 4.34 Å². The quantitative estimate of drug-likeness (QED) is 0.397. The van der Waals surface area contributed by atoms with Crippen molar-refractivity contribution in [3.63, 3.8) is 0 Å². The number of hydrogen-bond acceptors (Lipinski definition) is 5. The first kappa shape index (κ1) is 18.3. The van der Waals surface area contributed by atoms with Crippen LogP contribution in [-0.4, -0.2) is 16.1 Å². The maximum absolute atomic E-state index is 13.6. The monoisotopic (exact) mass is 457 g/mol. The zero-order valence-corrected chi connectivity index (χ0v) is 16.5. The maximum atomic E-state index is 13.6. The molecule has 4 nitrogen and oxygen atoms in total. The van der Waals surface area contributed by atoms with Crippen LogP contribution in [0, 0.1) is 5.82 Å². The molecule has 0 atom stereocenters. The SMILES string of the molecule is O=C(Nc1nnc(SCc2ccccc2F)s1)c1cc(Br)ccc1Cl. The van der Waals surface area contributed by atoms with Gasteiger partial charge in [0.2, 0.25) is 5.13 Å². The van der Waals surface area contributed by atoms with E-state index in [0.717, 1.165) is 4.47 Å². The normalized spacial score (nSPS) is 10.7. The van der Waals surface area contributed by atoms with Gasteiger partial charge < -0.3 is 0 Å². The van der Waals surface area contributed by atoms with Crippen molar-refractivity contribution < 1.29 is 9.18 Å². The van der Waals surface area contributed by atoms with Crippen LogP contribution >= 0.6 is 50.6 Å². The van der Waals surface area contributed by atoms with Crippen molar-refractivity contribution in [3.05, 3.63) is 68.9 Å². The lowest BCUT2D eigenvalue weighted by Gasteiger charge is -2.04. The Hall–Kier alpha value is -1.48. The predicted molar refractivity (Wildman–Crippen MR) is 103 cm³/mol. The van der Waals surface area contributed by atoms with Crippen LogP contribution < -0.4 is 5.32 Å². The van der Waals surface area contributed by atoms with E-state index in [2.05, 4.69) is 31.4 Å². The van der Waals surface area contributed by atoms with Gasteiger partial charge in [-0.25, -0.2) is 4.39 Å². The van der Waals surface area contributed by atoms with Crippen molar-refractivity contribution in [2.75, 3.05) is 5.32 Å². The number of rotatable bonds is 5. The first-order valence-corrected chi connectivity index (χ1v) is 9.96. The summed E-state index contributed by atoms with van der Waals surface area (Å²) in [5.74, 6) is -0.183. The number of thioether (sulfide) groups is 1. The molecule has 2 aromatic carbocycles. The number of carbonyl (C=O) groups is 1. The standard InChI is InChI=1S/C16H10BrClFN3OS2/c17-10-5-6-12(18)11(7-10)14(23)20-15-21-22-16(25-15)24-8-9-3-1-2-4-13(9)19/h1-7H,8H2,(H,20,21,23). The zero-order chi connectivity index (χ0) is 17.8. The minimum Gasteiger partial charge on any atom is -0.296 e. The first-order chi connectivity index (χ1) is 12.0. The van der Waals surface area contributed by atoms with Crippen LogP contribution in [0.1, 0.15) is 15.9 Å². The fraction of sp³-hybridized carbons (Fsp3) is 0.0625. The topological polar surface area (TPSA) is 54.9 Å². The molecule has 0 unspecified atom stereocenters. The summed E-state index contributed by atoms with van der Waals surface area (Å²) in [5.41, 5.74) is 0.931. The number of anilines is 1. The van der Waals surface area contributed by atoms with Crippen molar-refractivity contribution >= 4 is 61.7 Å². The summed E-state index contributed by atoms with van der Waals surface area (Å²) in [5, 5.41) is 11.3. The van der Waals surface area contributed by atoms with E-state index in [-0.39, 0.29) is 11.7 Å². The third-order valence-electron chi connectivity index (χ3n) is 3.11. The third-order valence-corrected chi connectivity index (χ3v) is 5.95. The van der Waals surface area contributed by atoms with Gasteiger partial charge >= 0.3 is 0 Å². The van der Waals surface area contributed by atoms with Gasteiger partial charge in [0.05, 0.1) is 10.6 Å². The lowest BCUT2D eigenvalue weighted by molar-refractivity contribution is 0.102. The molecule has 0 bridgehead atoms. The Morgan fingerprint density at radius 3 is 2.88 bits per heavy atom. The highest BCUT2D eigenvalue weighted by Gasteiger charge is 2.14. The fourth-order valence-electron chi connectivity index (χ4n) is 1.91. The number of nitrogens with zero attached hydrogens (tertiary/aromatic N) is 2. The molecule has 9 heteroatoms. The second kappa shape index (κ2) is 8.27. The molecular weight excluding hydrogens is 449 g/mol. The summed E-state index contributed by atoms with van der Waals surface area (Å²) in [7, 11) is 0. The van der Waals surface area contributed by atoms with E-state index in [4.69, 9.17) is 11.6 Å². The van der Waals surface area contributed by atoms with Crippen LogP contribution in [0.3, 0.4) is 0 Å². The molecule has 0 aliphatic carbocycles. The molecule has 128 valence electrons. The van der Waals surface area contributed by atoms with Gasteiger partial charge in [-0.05, 0) is 29.8 Å². The zero-order valence-electron chi connectivity index (χ0n) is 12.5. The fourth-order valence-corrected chi connectivity index (χ4v) is 4.21. The highest BCUT2D eigenvalue weighted by molar-refractivity contribution is 9.10. The van der Waals surface area contributed by atoms with Gasteiger partial charge in [-0.15, -0.1) is 10.2 Å². The number of benzene rings is 2. The van der Waals surface area contributed by atoms with Crippen molar-refractivity contribution in [2.45, 2.75) is 10.1 Å². The molecule has 1 aromatic heterocycles. The van der Waals surface area contributed by atoms with Gasteiger partial charge in [-0.1, -0.05) is 68.8 Å². The summed E-state index contributed by atoms with van der Waals surface area (Å²) in [6.45, 7) is 0. The molecule has 0 spiro atoms. The van der Waals surface area contributed by atoms with E-state index in [1.54, 1.807) is 36.4 Å². The van der Waals surface area contributed by atoms with E-state index in [9.17, 15) is 9.18 Å². The Balaban J connectivity index is 1.64. The molecule has 25 heavy (non-hydrogen) atoms. The van der Waals surface area contributed by atoms with Gasteiger partial charge in [0, 0.05) is 10.2 Å². The minimum absolute atomic E-state index is 0.252. The number of hydrogen-bond donors (Lipinski definition) is 1. The highest BCUT2D eigenvalue weighted by Crippen LogP contribution is 2.29. The average Bonchev–Trinajstić information content (AvgIpc) is 3.03. The maximum Gasteiger partial charge on any atom is 0.259 e. The molecule has 1 heterocycles. The molecule has 1 N–H and O–H groups in total. The van der Waals surface area contributed by atoms with Crippen molar-refractivity contribution in [1.29, 1.82) is 0 Å². The summed E-state index contributed by atoms with van der Waals surface area (Å²) >= 11 is 11.9. The minimum atomic E-state index is -0.367. The van der Waals surface area contributed by atoms with E-state index in [1.165, 1.54) is 29.2 Å². The Kier molecular flexibility index (Phi) is 6.06. The molecule has 1 amide bonds. The molecule has 0 saturated carbocycles.